The van der Waals surface area contributed by atoms with Gasteiger partial charge in [0.05, 0.1) is 22.3 Å². The summed E-state index contributed by atoms with van der Waals surface area (Å²) in [6, 6.07) is 9.05. The van der Waals surface area contributed by atoms with E-state index >= 15 is 0 Å². The fraction of sp³-hybridized carbons (Fsp3) is 0.105. The molecule has 0 aliphatic carbocycles. The molecule has 26 heavy (non-hydrogen) atoms. The van der Waals surface area contributed by atoms with Crippen molar-refractivity contribution in [3.8, 4) is 0 Å². The average Bonchev–Trinajstić information content (AvgIpc) is 3.03. The van der Waals surface area contributed by atoms with Crippen LogP contribution in [0.25, 0.3) is 0 Å². The van der Waals surface area contributed by atoms with Crippen LogP contribution in [0.1, 0.15) is 52.6 Å². The van der Waals surface area contributed by atoms with E-state index in [9.17, 15) is 24.0 Å². The minimum absolute atomic E-state index is 0.0508. The van der Waals surface area contributed by atoms with E-state index in [4.69, 9.17) is 0 Å². The lowest BCUT2D eigenvalue weighted by Gasteiger charge is -2.04. The van der Waals surface area contributed by atoms with E-state index in [0.29, 0.717) is 11.1 Å². The number of carbonyl (C=O) groups excluding carboxylic acids is 5. The number of esters is 4. The number of cyclic esters (lactones) is 4. The van der Waals surface area contributed by atoms with Gasteiger partial charge in [-0.2, -0.15) is 0 Å². The molecule has 2 aliphatic rings. The molecule has 0 spiro atoms. The molecule has 0 saturated carbocycles. The molecular weight excluding hydrogens is 340 g/mol. The molecule has 0 atom stereocenters. The van der Waals surface area contributed by atoms with Gasteiger partial charge < -0.3 is 9.47 Å². The second-order valence-electron chi connectivity index (χ2n) is 6.01. The smallest absolute Gasteiger partial charge is 0.346 e. The second-order valence-corrected chi connectivity index (χ2v) is 6.01. The Kier molecular flexibility index (Phi) is 3.50. The summed E-state index contributed by atoms with van der Waals surface area (Å²) >= 11 is 0. The monoisotopic (exact) mass is 350 g/mol. The minimum Gasteiger partial charge on any atom is -0.386 e. The number of hydrogen-bond donors (Lipinski definition) is 0. The normalized spacial score (nSPS) is 14.8. The molecule has 0 fully saturated rings. The van der Waals surface area contributed by atoms with E-state index in [2.05, 4.69) is 9.47 Å². The van der Waals surface area contributed by atoms with E-state index in [0.717, 1.165) is 0 Å². The Hall–Kier alpha value is -3.61. The highest BCUT2D eigenvalue weighted by Crippen LogP contribution is 2.23. The van der Waals surface area contributed by atoms with Crippen LogP contribution < -0.4 is 0 Å². The predicted octanol–water partition coefficient (Wildman–Crippen LogP) is 1.66. The van der Waals surface area contributed by atoms with Crippen molar-refractivity contribution in [2.45, 2.75) is 12.8 Å². The minimum atomic E-state index is -0.721. The van der Waals surface area contributed by atoms with Gasteiger partial charge in [-0.1, -0.05) is 12.1 Å². The molecule has 0 radical (unpaired) electrons. The summed E-state index contributed by atoms with van der Waals surface area (Å²) in [5.41, 5.74) is 1.84. The van der Waals surface area contributed by atoms with Gasteiger partial charge in [-0.15, -0.1) is 0 Å². The fourth-order valence-electron chi connectivity index (χ4n) is 3.00. The van der Waals surface area contributed by atoms with Gasteiger partial charge in [-0.05, 0) is 35.4 Å². The van der Waals surface area contributed by atoms with E-state index < -0.39 is 23.9 Å². The molecule has 0 saturated heterocycles. The molecule has 0 unspecified atom stereocenters. The first-order valence-electron chi connectivity index (χ1n) is 7.73. The molecule has 0 amide bonds. The van der Waals surface area contributed by atoms with E-state index in [-0.39, 0.29) is 40.9 Å². The van der Waals surface area contributed by atoms with Gasteiger partial charge in [0.25, 0.3) is 0 Å². The summed E-state index contributed by atoms with van der Waals surface area (Å²) in [5.74, 6) is -2.98. The van der Waals surface area contributed by atoms with Crippen molar-refractivity contribution < 1.29 is 33.4 Å². The van der Waals surface area contributed by atoms with Crippen molar-refractivity contribution in [2.24, 2.45) is 0 Å². The molecule has 2 aromatic carbocycles. The maximum atomic E-state index is 12.3. The maximum absolute atomic E-state index is 12.3. The number of carbonyl (C=O) groups is 5. The number of rotatable bonds is 4. The molecule has 7 nitrogen and oxygen atoms in total. The Balaban J connectivity index is 1.50. The Bertz CT molecular complexity index is 951. The van der Waals surface area contributed by atoms with Gasteiger partial charge in [0, 0.05) is 12.8 Å². The molecule has 0 bridgehead atoms. The van der Waals surface area contributed by atoms with Crippen LogP contribution >= 0.6 is 0 Å². The first-order chi connectivity index (χ1) is 12.4. The average molecular weight is 350 g/mol. The van der Waals surface area contributed by atoms with Gasteiger partial charge in [-0.3, -0.25) is 4.79 Å². The maximum Gasteiger partial charge on any atom is 0.346 e. The highest BCUT2D eigenvalue weighted by Gasteiger charge is 2.31. The van der Waals surface area contributed by atoms with Crippen molar-refractivity contribution >= 4 is 29.7 Å². The third-order valence-corrected chi connectivity index (χ3v) is 4.22. The number of benzene rings is 2. The first-order valence-corrected chi connectivity index (χ1v) is 7.73. The fourth-order valence-corrected chi connectivity index (χ4v) is 3.00. The Morgan fingerprint density at radius 1 is 0.615 bits per heavy atom. The van der Waals surface area contributed by atoms with Crippen LogP contribution in [0.4, 0.5) is 0 Å². The Morgan fingerprint density at radius 2 is 1.00 bits per heavy atom. The zero-order valence-electron chi connectivity index (χ0n) is 13.2. The van der Waals surface area contributed by atoms with Crippen LogP contribution in [0.15, 0.2) is 36.4 Å². The lowest BCUT2D eigenvalue weighted by Crippen LogP contribution is -2.08. The topological polar surface area (TPSA) is 104 Å². The molecule has 7 heteroatoms. The molecule has 0 aromatic heterocycles. The van der Waals surface area contributed by atoms with Gasteiger partial charge >= 0.3 is 23.9 Å². The second kappa shape index (κ2) is 5.73. The third kappa shape index (κ3) is 2.59. The van der Waals surface area contributed by atoms with E-state index in [1.807, 2.05) is 0 Å². The molecule has 2 aromatic rings. The van der Waals surface area contributed by atoms with Gasteiger partial charge in [0.15, 0.2) is 0 Å². The van der Waals surface area contributed by atoms with Crippen molar-refractivity contribution in [1.29, 1.82) is 0 Å². The zero-order chi connectivity index (χ0) is 18.4. The SMILES string of the molecule is O=C(Cc1ccc2c(c1)C(=O)OC2=O)Cc1ccc2c(c1)C(=O)OC2=O. The van der Waals surface area contributed by atoms with Crippen LogP contribution in [0.5, 0.6) is 0 Å². The molecular formula is C19H10O7. The summed E-state index contributed by atoms with van der Waals surface area (Å²) in [5, 5.41) is 0. The van der Waals surface area contributed by atoms with Gasteiger partial charge in [0.2, 0.25) is 0 Å². The highest BCUT2D eigenvalue weighted by molar-refractivity contribution is 6.15. The summed E-state index contributed by atoms with van der Waals surface area (Å²) in [7, 11) is 0. The lowest BCUT2D eigenvalue weighted by atomic mass is 9.97. The number of fused-ring (bicyclic) bond motifs is 2. The number of ether oxygens (including phenoxy) is 2. The molecule has 4 rings (SSSR count). The number of hydrogen-bond acceptors (Lipinski definition) is 7. The van der Waals surface area contributed by atoms with E-state index in [1.165, 1.54) is 24.3 Å². The first kappa shape index (κ1) is 15.9. The summed E-state index contributed by atoms with van der Waals surface area (Å²) in [6.45, 7) is 0. The molecule has 2 aliphatic heterocycles. The van der Waals surface area contributed by atoms with Crippen LogP contribution in [-0.4, -0.2) is 29.7 Å². The third-order valence-electron chi connectivity index (χ3n) is 4.22. The number of Topliss-reactive ketones (excluding diaryl/α,β-unsaturated/α-hetero) is 1. The summed E-state index contributed by atoms with van der Waals surface area (Å²) in [4.78, 5) is 58.3. The van der Waals surface area contributed by atoms with Crippen molar-refractivity contribution in [3.05, 3.63) is 69.8 Å². The van der Waals surface area contributed by atoms with Crippen molar-refractivity contribution in [1.82, 2.24) is 0 Å². The van der Waals surface area contributed by atoms with Crippen LogP contribution in [-0.2, 0) is 27.1 Å². The number of ketones is 1. The van der Waals surface area contributed by atoms with Crippen LogP contribution in [0, 0.1) is 0 Å². The van der Waals surface area contributed by atoms with Gasteiger partial charge in [-0.25, -0.2) is 19.2 Å². The highest BCUT2D eigenvalue weighted by atomic mass is 16.6. The molecule has 2 heterocycles. The van der Waals surface area contributed by atoms with Crippen LogP contribution in [0.3, 0.4) is 0 Å². The van der Waals surface area contributed by atoms with E-state index in [1.54, 1.807) is 12.1 Å². The standard InChI is InChI=1S/C19H10O7/c20-11(5-9-1-3-12-14(7-9)18(23)25-16(12)21)6-10-2-4-13-15(8-10)19(24)26-17(13)22/h1-4,7-8H,5-6H2. The largest absolute Gasteiger partial charge is 0.386 e. The molecule has 0 N–H and O–H groups in total. The van der Waals surface area contributed by atoms with Crippen LogP contribution in [0.2, 0.25) is 0 Å². The molecule has 128 valence electrons. The summed E-state index contributed by atoms with van der Waals surface area (Å²) in [6.07, 6.45) is 0.102. The zero-order valence-corrected chi connectivity index (χ0v) is 13.2. The van der Waals surface area contributed by atoms with Crippen molar-refractivity contribution in [3.63, 3.8) is 0 Å². The summed E-state index contributed by atoms with van der Waals surface area (Å²) < 4.78 is 9.03. The van der Waals surface area contributed by atoms with Crippen molar-refractivity contribution in [2.75, 3.05) is 0 Å². The predicted molar refractivity (Wildman–Crippen MR) is 84.8 cm³/mol. The quantitative estimate of drug-likeness (QED) is 0.610. The lowest BCUT2D eigenvalue weighted by molar-refractivity contribution is -0.117. The van der Waals surface area contributed by atoms with Gasteiger partial charge in [0.1, 0.15) is 5.78 Å². The Morgan fingerprint density at radius 3 is 1.42 bits per heavy atom. The Labute approximate surface area is 146 Å².